The molecule has 1 amide bonds. The van der Waals surface area contributed by atoms with Gasteiger partial charge in [0.1, 0.15) is 0 Å². The SMILES string of the molecule is CCOC(=O)C1CCN(S(=O)(=O)c2ccc3c(c2)C(C)C(=O)N3)CC1. The number of sulfonamides is 1. The van der Waals surface area contributed by atoms with Gasteiger partial charge in [-0.05, 0) is 50.5 Å². The van der Waals surface area contributed by atoms with Crippen LogP contribution in [0.5, 0.6) is 0 Å². The third kappa shape index (κ3) is 3.28. The van der Waals surface area contributed by atoms with Gasteiger partial charge < -0.3 is 10.1 Å². The Kier molecular flexibility index (Phi) is 4.83. The van der Waals surface area contributed by atoms with E-state index in [9.17, 15) is 18.0 Å². The van der Waals surface area contributed by atoms with E-state index in [1.807, 2.05) is 0 Å². The molecule has 3 rings (SSSR count). The van der Waals surface area contributed by atoms with Gasteiger partial charge in [-0.1, -0.05) is 0 Å². The molecule has 0 saturated carbocycles. The van der Waals surface area contributed by atoms with Gasteiger partial charge in [0, 0.05) is 18.8 Å². The standard InChI is InChI=1S/C17H22N2O5S/c1-3-24-17(21)12-6-8-19(9-7-12)25(22,23)13-4-5-15-14(10-13)11(2)16(20)18-15/h4-5,10-12H,3,6-9H2,1-2H3,(H,18,20). The van der Waals surface area contributed by atoms with Crippen LogP contribution in [-0.2, 0) is 24.3 Å². The van der Waals surface area contributed by atoms with E-state index < -0.39 is 10.0 Å². The van der Waals surface area contributed by atoms with Crippen LogP contribution in [0.1, 0.15) is 38.2 Å². The molecule has 1 saturated heterocycles. The number of rotatable bonds is 4. The second-order valence-corrected chi connectivity index (χ2v) is 8.33. The van der Waals surface area contributed by atoms with Crippen molar-refractivity contribution in [3.8, 4) is 0 Å². The zero-order valence-electron chi connectivity index (χ0n) is 14.3. The minimum absolute atomic E-state index is 0.125. The summed E-state index contributed by atoms with van der Waals surface area (Å²) in [5.41, 5.74) is 1.37. The van der Waals surface area contributed by atoms with Crippen LogP contribution < -0.4 is 5.32 Å². The summed E-state index contributed by atoms with van der Waals surface area (Å²) < 4.78 is 32.2. The van der Waals surface area contributed by atoms with Gasteiger partial charge in [-0.3, -0.25) is 9.59 Å². The number of ether oxygens (including phenoxy) is 1. The van der Waals surface area contributed by atoms with Crippen LogP contribution in [0, 0.1) is 5.92 Å². The van der Waals surface area contributed by atoms with Crippen LogP contribution >= 0.6 is 0 Å². The molecule has 0 radical (unpaired) electrons. The zero-order chi connectivity index (χ0) is 18.2. The van der Waals surface area contributed by atoms with Crippen molar-refractivity contribution in [1.29, 1.82) is 0 Å². The molecular weight excluding hydrogens is 344 g/mol. The molecule has 8 heteroatoms. The Labute approximate surface area is 147 Å². The molecule has 7 nitrogen and oxygen atoms in total. The Morgan fingerprint density at radius 3 is 2.64 bits per heavy atom. The number of esters is 1. The smallest absolute Gasteiger partial charge is 0.309 e. The van der Waals surface area contributed by atoms with Crippen molar-refractivity contribution in [3.05, 3.63) is 23.8 Å². The van der Waals surface area contributed by atoms with Gasteiger partial charge >= 0.3 is 5.97 Å². The minimum atomic E-state index is -3.64. The first-order valence-electron chi connectivity index (χ1n) is 8.46. The Bertz CT molecular complexity index is 797. The Hall–Kier alpha value is -1.93. The van der Waals surface area contributed by atoms with E-state index >= 15 is 0 Å². The van der Waals surface area contributed by atoms with Crippen molar-refractivity contribution in [2.75, 3.05) is 25.0 Å². The lowest BCUT2D eigenvalue weighted by Crippen LogP contribution is -2.40. The minimum Gasteiger partial charge on any atom is -0.466 e. The number of benzene rings is 1. The molecule has 2 aliphatic heterocycles. The van der Waals surface area contributed by atoms with Gasteiger partial charge in [-0.2, -0.15) is 4.31 Å². The molecule has 2 heterocycles. The van der Waals surface area contributed by atoms with Crippen LogP contribution in [-0.4, -0.2) is 44.3 Å². The molecule has 2 aliphatic rings. The first kappa shape index (κ1) is 17.9. The third-order valence-corrected chi connectivity index (χ3v) is 6.75. The predicted octanol–water partition coefficient (Wildman–Crippen LogP) is 1.71. The fourth-order valence-electron chi connectivity index (χ4n) is 3.30. The van der Waals surface area contributed by atoms with Crippen LogP contribution in [0.2, 0.25) is 0 Å². The summed E-state index contributed by atoms with van der Waals surface area (Å²) in [5, 5.41) is 2.74. The molecule has 0 spiro atoms. The highest BCUT2D eigenvalue weighted by Gasteiger charge is 2.34. The van der Waals surface area contributed by atoms with Gasteiger partial charge in [-0.25, -0.2) is 8.42 Å². The van der Waals surface area contributed by atoms with Crippen molar-refractivity contribution in [1.82, 2.24) is 4.31 Å². The maximum atomic E-state index is 12.9. The molecule has 1 unspecified atom stereocenters. The van der Waals surface area contributed by atoms with Gasteiger partial charge in [-0.15, -0.1) is 0 Å². The quantitative estimate of drug-likeness (QED) is 0.819. The van der Waals surface area contributed by atoms with Crippen LogP contribution in [0.25, 0.3) is 0 Å². The summed E-state index contributed by atoms with van der Waals surface area (Å²) in [6, 6.07) is 4.73. The first-order chi connectivity index (χ1) is 11.8. The van der Waals surface area contributed by atoms with Crippen LogP contribution in [0.3, 0.4) is 0 Å². The average Bonchev–Trinajstić information content (AvgIpc) is 2.89. The van der Waals surface area contributed by atoms with Gasteiger partial charge in [0.2, 0.25) is 15.9 Å². The lowest BCUT2D eigenvalue weighted by molar-refractivity contribution is -0.149. The topological polar surface area (TPSA) is 92.8 Å². The largest absolute Gasteiger partial charge is 0.466 e. The second kappa shape index (κ2) is 6.76. The van der Waals surface area contributed by atoms with Crippen molar-refractivity contribution in [2.24, 2.45) is 5.92 Å². The van der Waals surface area contributed by atoms with Crippen molar-refractivity contribution < 1.29 is 22.7 Å². The van der Waals surface area contributed by atoms with Crippen LogP contribution in [0.4, 0.5) is 5.69 Å². The van der Waals surface area contributed by atoms with E-state index in [2.05, 4.69) is 5.32 Å². The summed E-state index contributed by atoms with van der Waals surface area (Å²) in [6.45, 7) is 4.41. The van der Waals surface area contributed by atoms with E-state index in [-0.39, 0.29) is 41.7 Å². The normalized spacial score (nSPS) is 21.7. The van der Waals surface area contributed by atoms with E-state index in [4.69, 9.17) is 4.74 Å². The Morgan fingerprint density at radius 2 is 2.00 bits per heavy atom. The van der Waals surface area contributed by atoms with Crippen molar-refractivity contribution in [3.63, 3.8) is 0 Å². The number of piperidine rings is 1. The van der Waals surface area contributed by atoms with Crippen molar-refractivity contribution in [2.45, 2.75) is 37.5 Å². The number of carbonyl (C=O) groups is 2. The lowest BCUT2D eigenvalue weighted by atomic mass is 9.98. The number of fused-ring (bicyclic) bond motifs is 1. The highest BCUT2D eigenvalue weighted by molar-refractivity contribution is 7.89. The highest BCUT2D eigenvalue weighted by atomic mass is 32.2. The number of nitrogens with one attached hydrogen (secondary N) is 1. The van der Waals surface area contributed by atoms with Gasteiger partial charge in [0.05, 0.1) is 23.3 Å². The summed E-state index contributed by atoms with van der Waals surface area (Å²) in [4.78, 5) is 23.7. The molecule has 0 aromatic heterocycles. The molecular formula is C17H22N2O5S. The number of nitrogens with zero attached hydrogens (tertiary/aromatic N) is 1. The number of hydrogen-bond donors (Lipinski definition) is 1. The Balaban J connectivity index is 1.76. The summed E-state index contributed by atoms with van der Waals surface area (Å²) >= 11 is 0. The monoisotopic (exact) mass is 366 g/mol. The molecule has 136 valence electrons. The molecule has 1 atom stereocenters. The molecule has 0 aliphatic carbocycles. The lowest BCUT2D eigenvalue weighted by Gasteiger charge is -2.30. The summed E-state index contributed by atoms with van der Waals surface area (Å²) in [7, 11) is -3.64. The number of carbonyl (C=O) groups excluding carboxylic acids is 2. The zero-order valence-corrected chi connectivity index (χ0v) is 15.1. The molecule has 1 aromatic carbocycles. The maximum absolute atomic E-state index is 12.9. The van der Waals surface area contributed by atoms with E-state index in [0.29, 0.717) is 30.7 Å². The van der Waals surface area contributed by atoms with Gasteiger partial charge in [0.15, 0.2) is 0 Å². The highest BCUT2D eigenvalue weighted by Crippen LogP contribution is 2.35. The average molecular weight is 366 g/mol. The summed E-state index contributed by atoms with van der Waals surface area (Å²) in [5.74, 6) is -0.983. The molecule has 0 bridgehead atoms. The van der Waals surface area contributed by atoms with Gasteiger partial charge in [0.25, 0.3) is 0 Å². The number of amides is 1. The number of hydrogen-bond acceptors (Lipinski definition) is 5. The van der Waals surface area contributed by atoms with E-state index in [1.165, 1.54) is 10.4 Å². The predicted molar refractivity (Wildman–Crippen MR) is 91.6 cm³/mol. The second-order valence-electron chi connectivity index (χ2n) is 6.39. The number of anilines is 1. The molecule has 1 N–H and O–H groups in total. The third-order valence-electron chi connectivity index (χ3n) is 4.85. The molecule has 25 heavy (non-hydrogen) atoms. The first-order valence-corrected chi connectivity index (χ1v) is 9.90. The molecule has 1 fully saturated rings. The van der Waals surface area contributed by atoms with Crippen LogP contribution in [0.15, 0.2) is 23.1 Å². The van der Waals surface area contributed by atoms with E-state index in [0.717, 1.165) is 0 Å². The Morgan fingerprint density at radius 1 is 1.32 bits per heavy atom. The maximum Gasteiger partial charge on any atom is 0.309 e. The van der Waals surface area contributed by atoms with E-state index in [1.54, 1.807) is 26.0 Å². The molecule has 1 aromatic rings. The fraction of sp³-hybridized carbons (Fsp3) is 0.529. The van der Waals surface area contributed by atoms with Crippen molar-refractivity contribution >= 4 is 27.6 Å². The fourth-order valence-corrected chi connectivity index (χ4v) is 4.80. The summed E-state index contributed by atoms with van der Waals surface area (Å²) in [6.07, 6.45) is 0.916.